The summed E-state index contributed by atoms with van der Waals surface area (Å²) in [6.45, 7) is -1.14. The van der Waals surface area contributed by atoms with Gasteiger partial charge in [-0.3, -0.25) is 4.79 Å². The summed E-state index contributed by atoms with van der Waals surface area (Å²) >= 11 is 0. The minimum atomic E-state index is -4.51. The van der Waals surface area contributed by atoms with Crippen molar-refractivity contribution >= 4 is 22.5 Å². The van der Waals surface area contributed by atoms with Gasteiger partial charge in [0.15, 0.2) is 6.61 Å². The van der Waals surface area contributed by atoms with Crippen molar-refractivity contribution in [2.75, 3.05) is 11.9 Å². The summed E-state index contributed by atoms with van der Waals surface area (Å²) in [4.78, 5) is 15.6. The van der Waals surface area contributed by atoms with Crippen LogP contribution in [0.15, 0.2) is 60.8 Å². The molecule has 3 N–H and O–H groups in total. The van der Waals surface area contributed by atoms with Crippen LogP contribution < -0.4 is 14.8 Å². The first kappa shape index (κ1) is 20.3. The van der Waals surface area contributed by atoms with Crippen molar-refractivity contribution in [3.8, 4) is 11.6 Å². The van der Waals surface area contributed by atoms with Crippen LogP contribution in [0.2, 0.25) is 0 Å². The first-order valence-corrected chi connectivity index (χ1v) is 9.22. The second-order valence-corrected chi connectivity index (χ2v) is 6.65. The molecule has 0 radical (unpaired) electrons. The molecule has 0 aliphatic carbocycles. The fourth-order valence-electron chi connectivity index (χ4n) is 2.93. The number of anilines is 1. The van der Waals surface area contributed by atoms with Crippen LogP contribution >= 0.6 is 0 Å². The highest BCUT2D eigenvalue weighted by molar-refractivity contribution is 6.07. The Morgan fingerprint density at radius 1 is 1.06 bits per heavy atom. The molecule has 7 nitrogen and oxygen atoms in total. The van der Waals surface area contributed by atoms with E-state index in [-0.39, 0.29) is 17.3 Å². The van der Waals surface area contributed by atoms with Gasteiger partial charge in [0, 0.05) is 10.9 Å². The lowest BCUT2D eigenvalue weighted by Crippen LogP contribution is -2.20. The number of fused-ring (bicyclic) bond motifs is 1. The number of aromatic nitrogens is 3. The lowest BCUT2D eigenvalue weighted by atomic mass is 10.2. The zero-order chi connectivity index (χ0) is 21.8. The number of amides is 1. The summed E-state index contributed by atoms with van der Waals surface area (Å²) in [5.41, 5.74) is 1.87. The van der Waals surface area contributed by atoms with Crippen LogP contribution in [0.4, 0.5) is 18.9 Å². The topological polar surface area (TPSA) is 92.0 Å². The number of ether oxygens (including phenoxy) is 2. The molecule has 4 rings (SSSR count). The van der Waals surface area contributed by atoms with E-state index in [2.05, 4.69) is 25.2 Å². The highest BCUT2D eigenvalue weighted by atomic mass is 19.4. The molecule has 160 valence electrons. The molecule has 2 aromatic carbocycles. The van der Waals surface area contributed by atoms with E-state index in [1.54, 1.807) is 24.3 Å². The number of halogens is 3. The van der Waals surface area contributed by atoms with E-state index < -0.39 is 18.7 Å². The fourth-order valence-corrected chi connectivity index (χ4v) is 2.93. The van der Waals surface area contributed by atoms with Gasteiger partial charge in [0.05, 0.1) is 6.20 Å². The summed E-state index contributed by atoms with van der Waals surface area (Å²) in [7, 11) is 0. The number of carbonyl (C=O) groups is 1. The normalized spacial score (nSPS) is 11.5. The van der Waals surface area contributed by atoms with Crippen LogP contribution in [0.25, 0.3) is 10.9 Å². The average Bonchev–Trinajstić information content (AvgIpc) is 3.38. The number of aromatic amines is 2. The summed E-state index contributed by atoms with van der Waals surface area (Å²) in [6, 6.07) is 16.6. The van der Waals surface area contributed by atoms with E-state index in [1.165, 1.54) is 6.20 Å². The van der Waals surface area contributed by atoms with Crippen LogP contribution in [0, 0.1) is 0 Å². The molecule has 0 bridgehead atoms. The Morgan fingerprint density at radius 2 is 1.87 bits per heavy atom. The van der Waals surface area contributed by atoms with Gasteiger partial charge in [0.1, 0.15) is 23.7 Å². The highest BCUT2D eigenvalue weighted by Crippen LogP contribution is 2.28. The van der Waals surface area contributed by atoms with Crippen LogP contribution in [0.1, 0.15) is 16.1 Å². The van der Waals surface area contributed by atoms with E-state index >= 15 is 0 Å². The molecule has 0 saturated heterocycles. The summed E-state index contributed by atoms with van der Waals surface area (Å²) in [5, 5.41) is 9.09. The van der Waals surface area contributed by atoms with E-state index in [4.69, 9.17) is 4.74 Å². The molecule has 2 heterocycles. The second kappa shape index (κ2) is 8.42. The largest absolute Gasteiger partial charge is 0.488 e. The zero-order valence-corrected chi connectivity index (χ0v) is 16.0. The van der Waals surface area contributed by atoms with E-state index in [9.17, 15) is 18.0 Å². The molecule has 0 unspecified atom stereocenters. The Labute approximate surface area is 174 Å². The number of H-pyrrole nitrogens is 2. The molecule has 31 heavy (non-hydrogen) atoms. The van der Waals surface area contributed by atoms with Crippen molar-refractivity contribution in [1.82, 2.24) is 15.2 Å². The summed E-state index contributed by atoms with van der Waals surface area (Å²) in [6.07, 6.45) is -3.35. The van der Waals surface area contributed by atoms with Crippen molar-refractivity contribution in [1.29, 1.82) is 0 Å². The number of alkyl halides is 3. The number of carbonyl (C=O) groups excluding carboxylic acids is 1. The predicted molar refractivity (Wildman–Crippen MR) is 107 cm³/mol. The second-order valence-electron chi connectivity index (χ2n) is 6.65. The van der Waals surface area contributed by atoms with E-state index in [0.717, 1.165) is 5.56 Å². The van der Waals surface area contributed by atoms with Crippen molar-refractivity contribution in [2.24, 2.45) is 0 Å². The molecule has 2 aromatic heterocycles. The average molecular weight is 430 g/mol. The molecule has 0 aliphatic rings. The molecule has 1 amide bonds. The maximum Gasteiger partial charge on any atom is 0.422 e. The third-order valence-electron chi connectivity index (χ3n) is 4.34. The van der Waals surface area contributed by atoms with Crippen molar-refractivity contribution in [3.05, 3.63) is 72.1 Å². The van der Waals surface area contributed by atoms with Gasteiger partial charge in [-0.2, -0.15) is 18.3 Å². The molecule has 0 saturated carbocycles. The predicted octanol–water partition coefficient (Wildman–Crippen LogP) is 4.66. The molecule has 0 fully saturated rings. The number of benzene rings is 2. The number of hydrogen-bond acceptors (Lipinski definition) is 4. The number of nitrogens with zero attached hydrogens (tertiary/aromatic N) is 1. The van der Waals surface area contributed by atoms with E-state index in [1.807, 2.05) is 30.3 Å². The molecular formula is C21H17F3N4O3. The van der Waals surface area contributed by atoms with Gasteiger partial charge in [0.25, 0.3) is 5.91 Å². The molecule has 4 aromatic rings. The van der Waals surface area contributed by atoms with Crippen LogP contribution in [-0.2, 0) is 6.61 Å². The van der Waals surface area contributed by atoms with Gasteiger partial charge >= 0.3 is 6.18 Å². The van der Waals surface area contributed by atoms with Crippen LogP contribution in [0.3, 0.4) is 0 Å². The maximum absolute atomic E-state index is 12.6. The Bertz CT molecular complexity index is 1190. The molecular weight excluding hydrogens is 413 g/mol. The fraction of sp³-hybridized carbons (Fsp3) is 0.143. The Morgan fingerprint density at radius 3 is 2.65 bits per heavy atom. The molecule has 0 atom stereocenters. The first-order valence-electron chi connectivity index (χ1n) is 9.22. The van der Waals surface area contributed by atoms with Gasteiger partial charge in [-0.25, -0.2) is 5.10 Å². The SMILES string of the molecule is O=C(Nc1cn[nH]c1OCC(F)(F)F)c1cc2c(OCc3ccccc3)cccc2[nH]1. The third kappa shape index (κ3) is 4.97. The zero-order valence-electron chi connectivity index (χ0n) is 16.0. The minimum Gasteiger partial charge on any atom is -0.488 e. The number of rotatable bonds is 7. The molecule has 10 heteroatoms. The Hall–Kier alpha value is -3.95. The monoisotopic (exact) mass is 430 g/mol. The van der Waals surface area contributed by atoms with E-state index in [0.29, 0.717) is 23.3 Å². The Kier molecular flexibility index (Phi) is 5.52. The minimum absolute atomic E-state index is 0.00606. The first-order chi connectivity index (χ1) is 14.9. The van der Waals surface area contributed by atoms with Crippen LogP contribution in [0.5, 0.6) is 11.6 Å². The quantitative estimate of drug-likeness (QED) is 0.398. The van der Waals surface area contributed by atoms with Crippen molar-refractivity contribution in [2.45, 2.75) is 12.8 Å². The molecule has 0 aliphatic heterocycles. The van der Waals surface area contributed by atoms with Gasteiger partial charge in [-0.05, 0) is 23.8 Å². The third-order valence-corrected chi connectivity index (χ3v) is 4.34. The number of nitrogens with one attached hydrogen (secondary N) is 3. The Balaban J connectivity index is 1.49. The lowest BCUT2D eigenvalue weighted by Gasteiger charge is -2.09. The maximum atomic E-state index is 12.6. The van der Waals surface area contributed by atoms with Gasteiger partial charge in [-0.1, -0.05) is 36.4 Å². The number of hydrogen-bond donors (Lipinski definition) is 3. The summed E-state index contributed by atoms with van der Waals surface area (Å²) < 4.78 is 47.6. The van der Waals surface area contributed by atoms with Gasteiger partial charge in [-0.15, -0.1) is 0 Å². The summed E-state index contributed by atoms with van der Waals surface area (Å²) in [5.74, 6) is -0.258. The van der Waals surface area contributed by atoms with Crippen molar-refractivity contribution in [3.63, 3.8) is 0 Å². The van der Waals surface area contributed by atoms with Gasteiger partial charge < -0.3 is 19.8 Å². The van der Waals surface area contributed by atoms with Crippen molar-refractivity contribution < 1.29 is 27.4 Å². The van der Waals surface area contributed by atoms with Gasteiger partial charge in [0.2, 0.25) is 5.88 Å². The molecule has 0 spiro atoms. The standard InChI is InChI=1S/C21H17F3N4O3/c22-21(23,24)12-31-20-17(10-25-28-20)27-19(29)16-9-14-15(26-16)7-4-8-18(14)30-11-13-5-2-1-3-6-13/h1-10,26H,11-12H2,(H,25,28)(H,27,29). The lowest BCUT2D eigenvalue weighted by molar-refractivity contribution is -0.153. The van der Waals surface area contributed by atoms with Crippen LogP contribution in [-0.4, -0.2) is 33.9 Å². The highest BCUT2D eigenvalue weighted by Gasteiger charge is 2.29. The smallest absolute Gasteiger partial charge is 0.422 e.